The minimum absolute atomic E-state index is 0.00778. The van der Waals surface area contributed by atoms with E-state index in [-0.39, 0.29) is 29.3 Å². The van der Waals surface area contributed by atoms with Gasteiger partial charge in [-0.2, -0.15) is 0 Å². The molecule has 0 bridgehead atoms. The monoisotopic (exact) mass is 227 g/mol. The van der Waals surface area contributed by atoms with Gasteiger partial charge in [-0.15, -0.1) is 0 Å². The van der Waals surface area contributed by atoms with Crippen LogP contribution in [0.4, 0.5) is 0 Å². The molecule has 1 saturated heterocycles. The summed E-state index contributed by atoms with van der Waals surface area (Å²) in [6.45, 7) is 10.4. The number of carbonyl (C=O) groups is 2. The lowest BCUT2D eigenvalue weighted by Gasteiger charge is -2.47. The smallest absolute Gasteiger partial charge is 0.230 e. The van der Waals surface area contributed by atoms with E-state index in [2.05, 4.69) is 0 Å². The van der Waals surface area contributed by atoms with E-state index in [9.17, 15) is 9.59 Å². The number of ether oxygens (including phenoxy) is 1. The summed E-state index contributed by atoms with van der Waals surface area (Å²) in [6, 6.07) is 0. The van der Waals surface area contributed by atoms with Crippen LogP contribution in [0.3, 0.4) is 0 Å². The summed E-state index contributed by atoms with van der Waals surface area (Å²) >= 11 is 0. The summed E-state index contributed by atoms with van der Waals surface area (Å²) < 4.78 is 5.87. The molecule has 4 nitrogen and oxygen atoms in total. The summed E-state index contributed by atoms with van der Waals surface area (Å²) in [7, 11) is 0. The van der Waals surface area contributed by atoms with Crippen molar-refractivity contribution in [3.63, 3.8) is 0 Å². The average Bonchev–Trinajstić information content (AvgIpc) is 1.96. The standard InChI is InChI=1S/C12H21NO3/c1-9(14)6-10(15)13-7-11(2,3)16-12(4,5)8-13/h6-8H2,1-5H3. The van der Waals surface area contributed by atoms with E-state index in [4.69, 9.17) is 4.74 Å². The Morgan fingerprint density at radius 1 is 1.12 bits per heavy atom. The molecule has 1 rings (SSSR count). The fraction of sp³-hybridized carbons (Fsp3) is 0.833. The second kappa shape index (κ2) is 4.17. The highest BCUT2D eigenvalue weighted by molar-refractivity contribution is 5.96. The molecule has 0 aromatic rings. The van der Waals surface area contributed by atoms with Gasteiger partial charge >= 0.3 is 0 Å². The third kappa shape index (κ3) is 3.59. The largest absolute Gasteiger partial charge is 0.366 e. The van der Waals surface area contributed by atoms with E-state index in [0.29, 0.717) is 13.1 Å². The van der Waals surface area contributed by atoms with Crippen molar-refractivity contribution in [2.24, 2.45) is 0 Å². The maximum Gasteiger partial charge on any atom is 0.230 e. The molecule has 0 radical (unpaired) electrons. The van der Waals surface area contributed by atoms with Gasteiger partial charge in [0.1, 0.15) is 5.78 Å². The molecule has 0 N–H and O–H groups in total. The number of Topliss-reactive ketones (excluding diaryl/α,β-unsaturated/α-hetero) is 1. The Labute approximate surface area is 96.9 Å². The molecule has 1 heterocycles. The first kappa shape index (κ1) is 13.2. The third-order valence-corrected chi connectivity index (χ3v) is 2.45. The predicted molar refractivity (Wildman–Crippen MR) is 61.1 cm³/mol. The lowest BCUT2D eigenvalue weighted by Crippen LogP contribution is -2.58. The van der Waals surface area contributed by atoms with Crippen molar-refractivity contribution < 1.29 is 14.3 Å². The molecular formula is C12H21NO3. The summed E-state index contributed by atoms with van der Waals surface area (Å²) in [4.78, 5) is 24.5. The minimum atomic E-state index is -0.353. The zero-order valence-electron chi connectivity index (χ0n) is 10.8. The molecule has 0 aromatic heterocycles. The lowest BCUT2D eigenvalue weighted by molar-refractivity contribution is -0.188. The number of morpholine rings is 1. The Balaban J connectivity index is 2.74. The molecule has 0 saturated carbocycles. The van der Waals surface area contributed by atoms with E-state index in [1.54, 1.807) is 4.90 Å². The zero-order chi connectivity index (χ0) is 12.6. The van der Waals surface area contributed by atoms with E-state index < -0.39 is 0 Å². The molecule has 0 aromatic carbocycles. The number of carbonyl (C=O) groups excluding carboxylic acids is 2. The van der Waals surface area contributed by atoms with Crippen molar-refractivity contribution in [2.45, 2.75) is 52.2 Å². The molecule has 0 atom stereocenters. The summed E-state index contributed by atoms with van der Waals surface area (Å²) in [6.07, 6.45) is -0.00778. The third-order valence-electron chi connectivity index (χ3n) is 2.45. The predicted octanol–water partition coefficient (Wildman–Crippen LogP) is 1.38. The minimum Gasteiger partial charge on any atom is -0.366 e. The van der Waals surface area contributed by atoms with Crippen LogP contribution in [0.5, 0.6) is 0 Å². The SMILES string of the molecule is CC(=O)CC(=O)N1CC(C)(C)OC(C)(C)C1. The number of amides is 1. The molecule has 0 spiro atoms. The molecule has 16 heavy (non-hydrogen) atoms. The maximum atomic E-state index is 11.8. The van der Waals surface area contributed by atoms with E-state index in [1.165, 1.54) is 6.92 Å². The topological polar surface area (TPSA) is 46.6 Å². The van der Waals surface area contributed by atoms with Gasteiger partial charge in [-0.1, -0.05) is 0 Å². The van der Waals surface area contributed by atoms with Crippen molar-refractivity contribution in [2.75, 3.05) is 13.1 Å². The Kier molecular flexibility index (Phi) is 3.43. The van der Waals surface area contributed by atoms with Gasteiger partial charge in [0, 0.05) is 13.1 Å². The van der Waals surface area contributed by atoms with Crippen molar-refractivity contribution in [1.82, 2.24) is 4.90 Å². The summed E-state index contributed by atoms with van der Waals surface area (Å²) in [5.41, 5.74) is -0.706. The van der Waals surface area contributed by atoms with E-state index >= 15 is 0 Å². The molecule has 0 unspecified atom stereocenters. The first-order chi connectivity index (χ1) is 7.11. The first-order valence-electron chi connectivity index (χ1n) is 5.59. The van der Waals surface area contributed by atoms with Gasteiger partial charge in [0.2, 0.25) is 5.91 Å². The van der Waals surface area contributed by atoms with Crippen LogP contribution in [0.25, 0.3) is 0 Å². The van der Waals surface area contributed by atoms with Crippen LogP contribution >= 0.6 is 0 Å². The van der Waals surface area contributed by atoms with Gasteiger partial charge in [-0.3, -0.25) is 9.59 Å². The number of nitrogens with zero attached hydrogens (tertiary/aromatic N) is 1. The second-order valence-electron chi connectivity index (χ2n) is 5.75. The van der Waals surface area contributed by atoms with E-state index in [1.807, 2.05) is 27.7 Å². The number of hydrogen-bond donors (Lipinski definition) is 0. The van der Waals surface area contributed by atoms with Crippen LogP contribution in [0.1, 0.15) is 41.0 Å². The quantitative estimate of drug-likeness (QED) is 0.670. The maximum absolute atomic E-state index is 11.8. The fourth-order valence-corrected chi connectivity index (χ4v) is 2.29. The van der Waals surface area contributed by atoms with Gasteiger partial charge in [0.05, 0.1) is 17.6 Å². The highest BCUT2D eigenvalue weighted by Crippen LogP contribution is 2.28. The second-order valence-corrected chi connectivity index (χ2v) is 5.75. The normalized spacial score (nSPS) is 22.9. The van der Waals surface area contributed by atoms with Crippen LogP contribution in [0, 0.1) is 0 Å². The van der Waals surface area contributed by atoms with Crippen molar-refractivity contribution in [1.29, 1.82) is 0 Å². The van der Waals surface area contributed by atoms with Gasteiger partial charge in [0.15, 0.2) is 0 Å². The van der Waals surface area contributed by atoms with Crippen LogP contribution in [0.15, 0.2) is 0 Å². The Hall–Kier alpha value is -0.900. The Morgan fingerprint density at radius 3 is 1.94 bits per heavy atom. The molecule has 1 amide bonds. The van der Waals surface area contributed by atoms with Crippen molar-refractivity contribution in [3.05, 3.63) is 0 Å². The van der Waals surface area contributed by atoms with Gasteiger partial charge in [-0.25, -0.2) is 0 Å². The van der Waals surface area contributed by atoms with Gasteiger partial charge in [-0.05, 0) is 34.6 Å². The number of rotatable bonds is 2. The van der Waals surface area contributed by atoms with Crippen molar-refractivity contribution >= 4 is 11.7 Å². The number of hydrogen-bond acceptors (Lipinski definition) is 3. The Morgan fingerprint density at radius 2 is 1.56 bits per heavy atom. The Bertz CT molecular complexity index is 291. The molecule has 4 heteroatoms. The molecule has 1 aliphatic heterocycles. The van der Waals surface area contributed by atoms with Crippen molar-refractivity contribution in [3.8, 4) is 0 Å². The average molecular weight is 227 g/mol. The molecule has 92 valence electrons. The van der Waals surface area contributed by atoms with Crippen LogP contribution in [0.2, 0.25) is 0 Å². The highest BCUT2D eigenvalue weighted by atomic mass is 16.5. The molecular weight excluding hydrogens is 206 g/mol. The van der Waals surface area contributed by atoms with Crippen LogP contribution < -0.4 is 0 Å². The fourth-order valence-electron chi connectivity index (χ4n) is 2.29. The van der Waals surface area contributed by atoms with Gasteiger partial charge in [0.25, 0.3) is 0 Å². The zero-order valence-corrected chi connectivity index (χ0v) is 10.8. The number of ketones is 1. The summed E-state index contributed by atoms with van der Waals surface area (Å²) in [5.74, 6) is -0.191. The lowest BCUT2D eigenvalue weighted by atomic mass is 9.98. The molecule has 1 fully saturated rings. The molecule has 0 aliphatic carbocycles. The summed E-state index contributed by atoms with van der Waals surface area (Å²) in [5, 5.41) is 0. The highest BCUT2D eigenvalue weighted by Gasteiger charge is 2.39. The van der Waals surface area contributed by atoms with E-state index in [0.717, 1.165) is 0 Å². The van der Waals surface area contributed by atoms with Gasteiger partial charge < -0.3 is 9.64 Å². The van der Waals surface area contributed by atoms with Crippen LogP contribution in [-0.2, 0) is 14.3 Å². The van der Waals surface area contributed by atoms with Crippen LogP contribution in [-0.4, -0.2) is 40.9 Å². The first-order valence-corrected chi connectivity index (χ1v) is 5.59. The molecule has 1 aliphatic rings.